The molecule has 2 aliphatic rings. The van der Waals surface area contributed by atoms with E-state index in [9.17, 15) is 8.76 Å². The number of rotatable bonds is 6. The van der Waals surface area contributed by atoms with Crippen LogP contribution in [0.15, 0.2) is 102 Å². The molecule has 4 aromatic rings. The molecule has 1 atom stereocenters. The van der Waals surface area contributed by atoms with Gasteiger partial charge in [0.1, 0.15) is 28.9 Å². The Labute approximate surface area is 226 Å². The van der Waals surface area contributed by atoms with Gasteiger partial charge in [-0.2, -0.15) is 4.21 Å². The predicted octanol–water partition coefficient (Wildman–Crippen LogP) is 5.19. The minimum absolute atomic E-state index is 0.0798. The number of nitrogens with two attached hydrogens (primary N) is 1. The summed E-state index contributed by atoms with van der Waals surface area (Å²) in [5.41, 5.74) is 11.3. The molecule has 0 saturated carbocycles. The van der Waals surface area contributed by atoms with E-state index < -0.39 is 9.53 Å². The Morgan fingerprint density at radius 2 is 1.92 bits per heavy atom. The first-order chi connectivity index (χ1) is 18.7. The molecule has 39 heavy (non-hydrogen) atoms. The largest absolute Gasteiger partial charge is 0.457 e. The summed E-state index contributed by atoms with van der Waals surface area (Å²) < 4.78 is 41.5. The molecule has 6 rings (SSSR count). The first-order valence-electron chi connectivity index (χ1n) is 12.5. The van der Waals surface area contributed by atoms with Crippen LogP contribution in [0.1, 0.15) is 30.7 Å². The van der Waals surface area contributed by atoms with E-state index in [2.05, 4.69) is 14.7 Å². The van der Waals surface area contributed by atoms with Crippen LogP contribution in [0.4, 0.5) is 5.82 Å². The van der Waals surface area contributed by atoms with E-state index in [1.165, 1.54) is 12.6 Å². The van der Waals surface area contributed by atoms with Gasteiger partial charge in [-0.15, -0.1) is 9.53 Å². The Bertz CT molecular complexity index is 1730. The number of nitrogen functional groups attached to an aromatic ring is 1. The van der Waals surface area contributed by atoms with Crippen LogP contribution in [0.2, 0.25) is 0 Å². The van der Waals surface area contributed by atoms with E-state index >= 15 is 0 Å². The topological polar surface area (TPSA) is 125 Å². The van der Waals surface area contributed by atoms with Crippen molar-refractivity contribution in [3.05, 3.63) is 108 Å². The number of nitrogens with one attached hydrogen (secondary N) is 1. The highest BCUT2D eigenvalue weighted by Gasteiger charge is 2.30. The lowest BCUT2D eigenvalue weighted by molar-refractivity contribution is 0.0783. The molecule has 4 N–H and O–H groups in total. The van der Waals surface area contributed by atoms with Gasteiger partial charge in [0.15, 0.2) is 5.82 Å². The van der Waals surface area contributed by atoms with Gasteiger partial charge in [0.2, 0.25) is 0 Å². The molecule has 1 aliphatic heterocycles. The molecule has 200 valence electrons. The highest BCUT2D eigenvalue weighted by Crippen LogP contribution is 2.41. The van der Waals surface area contributed by atoms with E-state index in [1.54, 1.807) is 30.3 Å². The van der Waals surface area contributed by atoms with Gasteiger partial charge in [-0.1, -0.05) is 30.4 Å². The van der Waals surface area contributed by atoms with E-state index in [0.717, 1.165) is 28.0 Å². The van der Waals surface area contributed by atoms with Crippen LogP contribution >= 0.6 is 0 Å². The van der Waals surface area contributed by atoms with Crippen molar-refractivity contribution < 1.29 is 18.2 Å². The predicted molar refractivity (Wildman–Crippen MR) is 152 cm³/mol. The van der Waals surface area contributed by atoms with Gasteiger partial charge in [0.25, 0.3) is 0 Å². The lowest BCUT2D eigenvalue weighted by Crippen LogP contribution is -2.45. The minimum atomic E-state index is -4.31. The van der Waals surface area contributed by atoms with E-state index in [4.69, 9.17) is 15.2 Å². The van der Waals surface area contributed by atoms with Crippen LogP contribution < -0.4 is 15.2 Å². The Morgan fingerprint density at radius 3 is 2.69 bits per heavy atom. The van der Waals surface area contributed by atoms with Crippen LogP contribution in [0.25, 0.3) is 16.7 Å². The quantitative estimate of drug-likeness (QED) is 0.306. The zero-order valence-corrected chi connectivity index (χ0v) is 22.4. The molecule has 10 heteroatoms. The highest BCUT2D eigenvalue weighted by molar-refractivity contribution is 8.13. The van der Waals surface area contributed by atoms with Crippen molar-refractivity contribution in [2.75, 3.05) is 12.0 Å². The summed E-state index contributed by atoms with van der Waals surface area (Å²) in [6.07, 6.45) is 10.5. The Balaban J connectivity index is 1.28. The minimum Gasteiger partial charge on any atom is -0.457 e. The number of benzene rings is 2. The van der Waals surface area contributed by atoms with Crippen LogP contribution in [0.3, 0.4) is 0 Å². The van der Waals surface area contributed by atoms with Crippen molar-refractivity contribution in [3.8, 4) is 11.4 Å². The summed E-state index contributed by atoms with van der Waals surface area (Å²) in [6.45, 7) is 2.46. The lowest BCUT2D eigenvalue weighted by Gasteiger charge is -2.41. The maximum atomic E-state index is 13.5. The second kappa shape index (κ2) is 9.19. The molecule has 1 unspecified atom stereocenters. The molecule has 0 amide bonds. The van der Waals surface area contributed by atoms with Crippen molar-refractivity contribution in [2.45, 2.75) is 31.0 Å². The SMILES string of the molecule is CC1OCc2c1c1ncnc(N)c1n2-c1ccc(OC2=CC=CCC(NS(C)(=O)(O)c3ccccc3)=C2)cc1. The summed E-state index contributed by atoms with van der Waals surface area (Å²) in [5.74, 6) is 1.55. The van der Waals surface area contributed by atoms with Crippen molar-refractivity contribution in [3.63, 3.8) is 0 Å². The van der Waals surface area contributed by atoms with Crippen molar-refractivity contribution >= 4 is 26.4 Å². The molecule has 3 heterocycles. The van der Waals surface area contributed by atoms with Crippen LogP contribution in [-0.4, -0.2) is 29.6 Å². The smallest absolute Gasteiger partial charge is 0.151 e. The fourth-order valence-electron chi connectivity index (χ4n) is 5.02. The van der Waals surface area contributed by atoms with Crippen LogP contribution in [-0.2, 0) is 20.9 Å². The normalized spacial score (nSPS) is 18.0. The number of hydrogen-bond donors (Lipinski definition) is 3. The number of anilines is 1. The first-order valence-corrected chi connectivity index (χ1v) is 14.8. The van der Waals surface area contributed by atoms with Crippen LogP contribution in [0, 0.1) is 0 Å². The fraction of sp³-hybridized carbons (Fsp3) is 0.172. The maximum Gasteiger partial charge on any atom is 0.151 e. The van der Waals surface area contributed by atoms with Crippen molar-refractivity contribution in [2.24, 2.45) is 0 Å². The molecule has 2 aromatic carbocycles. The average molecular weight is 544 g/mol. The number of fused-ring (bicyclic) bond motifs is 3. The summed E-state index contributed by atoms with van der Waals surface area (Å²) in [5, 5.41) is 0. The summed E-state index contributed by atoms with van der Waals surface area (Å²) in [7, 11) is -4.31. The molecule has 0 saturated heterocycles. The third kappa shape index (κ3) is 4.63. The standard InChI is InChI=1S/C29H29N5O4S/c1-19-26-25(17-37-19)34(28-27(26)31-18-32-29(28)30)21-12-14-22(15-13-21)38-23-9-7-6-8-20(16-23)33-39(2,35,36)24-10-4-3-5-11-24/h3-7,9-16,18-19H,8,17H2,1-2H3,(H2,30,31,32)(H2,33,35,36). The molecule has 0 bridgehead atoms. The second-order valence-corrected chi connectivity index (χ2v) is 13.0. The summed E-state index contributed by atoms with van der Waals surface area (Å²) >= 11 is 0. The van der Waals surface area contributed by atoms with Gasteiger partial charge in [-0.25, -0.2) is 9.97 Å². The van der Waals surface area contributed by atoms with Gasteiger partial charge in [-0.3, -0.25) is 9.27 Å². The number of aromatic nitrogens is 3. The third-order valence-corrected chi connectivity index (χ3v) is 8.96. The molecule has 9 nitrogen and oxygen atoms in total. The second-order valence-electron chi connectivity index (χ2n) is 9.77. The summed E-state index contributed by atoms with van der Waals surface area (Å²) in [4.78, 5) is 9.02. The Hall–Kier alpha value is -4.25. The number of ether oxygens (including phenoxy) is 2. The molecule has 0 fully saturated rings. The van der Waals surface area contributed by atoms with Gasteiger partial charge in [0.05, 0.1) is 23.3 Å². The molecule has 2 aromatic heterocycles. The molecule has 1 aliphatic carbocycles. The molecule has 0 radical (unpaired) electrons. The van der Waals surface area contributed by atoms with E-state index in [0.29, 0.717) is 40.9 Å². The number of nitrogens with zero attached hydrogens (tertiary/aromatic N) is 3. The van der Waals surface area contributed by atoms with Gasteiger partial charge in [-0.05, 0) is 49.4 Å². The monoisotopic (exact) mass is 543 g/mol. The summed E-state index contributed by atoms with van der Waals surface area (Å²) in [6, 6.07) is 16.2. The highest BCUT2D eigenvalue weighted by atomic mass is 32.3. The Kier molecular flexibility index (Phi) is 5.91. The molecule has 0 spiro atoms. The number of allylic oxidation sites excluding steroid dienone is 4. The third-order valence-electron chi connectivity index (χ3n) is 6.84. The molecular formula is C29H29N5O4S. The van der Waals surface area contributed by atoms with Gasteiger partial charge < -0.3 is 19.8 Å². The zero-order chi connectivity index (χ0) is 27.2. The van der Waals surface area contributed by atoms with Gasteiger partial charge >= 0.3 is 0 Å². The zero-order valence-electron chi connectivity index (χ0n) is 21.6. The average Bonchev–Trinajstić information content (AvgIpc) is 3.37. The first kappa shape index (κ1) is 25.1. The number of hydrogen-bond acceptors (Lipinski definition) is 6. The lowest BCUT2D eigenvalue weighted by atomic mass is 10.1. The Morgan fingerprint density at radius 1 is 1.15 bits per heavy atom. The van der Waals surface area contributed by atoms with Gasteiger partial charge in [0, 0.05) is 35.7 Å². The van der Waals surface area contributed by atoms with E-state index in [-0.39, 0.29) is 6.10 Å². The molecular weight excluding hydrogens is 514 g/mol. The van der Waals surface area contributed by atoms with E-state index in [1.807, 2.05) is 60.1 Å². The fourth-order valence-corrected chi connectivity index (χ4v) is 6.70. The van der Waals surface area contributed by atoms with Crippen molar-refractivity contribution in [1.82, 2.24) is 19.3 Å². The van der Waals surface area contributed by atoms with Crippen molar-refractivity contribution in [1.29, 1.82) is 0 Å². The van der Waals surface area contributed by atoms with Crippen LogP contribution in [0.5, 0.6) is 5.75 Å². The maximum absolute atomic E-state index is 13.5.